The Morgan fingerprint density at radius 3 is 2.71 bits per heavy atom. The summed E-state index contributed by atoms with van der Waals surface area (Å²) in [4.78, 5) is 33.0. The van der Waals surface area contributed by atoms with Gasteiger partial charge in [-0.2, -0.15) is 0 Å². The van der Waals surface area contributed by atoms with Crippen LogP contribution in [0.3, 0.4) is 0 Å². The van der Waals surface area contributed by atoms with Crippen LogP contribution in [0.25, 0.3) is 10.9 Å². The van der Waals surface area contributed by atoms with Gasteiger partial charge in [0.15, 0.2) is 0 Å². The number of pyridine rings is 1. The van der Waals surface area contributed by atoms with Crippen molar-refractivity contribution in [3.63, 3.8) is 0 Å². The van der Waals surface area contributed by atoms with E-state index in [1.807, 2.05) is 36.4 Å². The normalized spacial score (nSPS) is 10.5. The smallest absolute Gasteiger partial charge is 0.256 e. The first-order chi connectivity index (χ1) is 11.6. The fourth-order valence-corrected chi connectivity index (χ4v) is 2.50. The van der Waals surface area contributed by atoms with E-state index in [9.17, 15) is 9.59 Å². The molecule has 0 spiro atoms. The number of nitrogens with one attached hydrogen (secondary N) is 2. The number of hydrogen-bond donors (Lipinski definition) is 2. The van der Waals surface area contributed by atoms with Crippen LogP contribution in [0.5, 0.6) is 0 Å². The number of nitrogens with zero attached hydrogens (tertiary/aromatic N) is 2. The summed E-state index contributed by atoms with van der Waals surface area (Å²) >= 11 is 0. The highest BCUT2D eigenvalue weighted by Gasteiger charge is 2.18. The SMILES string of the molecule is CN(CC(=O)NCc1ccncc1)C(=O)c1c[nH]c2ccccc12. The summed E-state index contributed by atoms with van der Waals surface area (Å²) in [5, 5.41) is 3.65. The number of para-hydroxylation sites is 1. The van der Waals surface area contributed by atoms with Gasteiger partial charge in [-0.25, -0.2) is 0 Å². The van der Waals surface area contributed by atoms with Gasteiger partial charge in [0.05, 0.1) is 12.1 Å². The zero-order valence-electron chi connectivity index (χ0n) is 13.3. The van der Waals surface area contributed by atoms with E-state index >= 15 is 0 Å². The van der Waals surface area contributed by atoms with Crippen molar-refractivity contribution in [1.82, 2.24) is 20.2 Å². The number of likely N-dealkylation sites (N-methyl/N-ethyl adjacent to an activating group) is 1. The molecule has 0 atom stereocenters. The first-order valence-corrected chi connectivity index (χ1v) is 7.62. The molecule has 0 aliphatic heterocycles. The number of benzene rings is 1. The van der Waals surface area contributed by atoms with Crippen molar-refractivity contribution >= 4 is 22.7 Å². The lowest BCUT2D eigenvalue weighted by Crippen LogP contribution is -2.38. The van der Waals surface area contributed by atoms with Crippen molar-refractivity contribution in [2.75, 3.05) is 13.6 Å². The number of H-pyrrole nitrogens is 1. The molecule has 0 aliphatic rings. The third kappa shape index (κ3) is 3.43. The van der Waals surface area contributed by atoms with Crippen molar-refractivity contribution < 1.29 is 9.59 Å². The minimum absolute atomic E-state index is 0.00340. The van der Waals surface area contributed by atoms with Crippen LogP contribution in [0.2, 0.25) is 0 Å². The first-order valence-electron chi connectivity index (χ1n) is 7.62. The Labute approximate surface area is 139 Å². The van der Waals surface area contributed by atoms with Crippen molar-refractivity contribution in [1.29, 1.82) is 0 Å². The van der Waals surface area contributed by atoms with Crippen LogP contribution >= 0.6 is 0 Å². The van der Waals surface area contributed by atoms with Crippen molar-refractivity contribution in [2.45, 2.75) is 6.54 Å². The lowest BCUT2D eigenvalue weighted by Gasteiger charge is -2.16. The lowest BCUT2D eigenvalue weighted by atomic mass is 10.1. The van der Waals surface area contributed by atoms with Gasteiger partial charge in [-0.05, 0) is 23.8 Å². The lowest BCUT2D eigenvalue weighted by molar-refractivity contribution is -0.121. The van der Waals surface area contributed by atoms with Gasteiger partial charge in [0.2, 0.25) is 5.91 Å². The largest absolute Gasteiger partial charge is 0.360 e. The summed E-state index contributed by atoms with van der Waals surface area (Å²) in [6.45, 7) is 0.417. The molecule has 6 heteroatoms. The zero-order valence-corrected chi connectivity index (χ0v) is 13.3. The van der Waals surface area contributed by atoms with Crippen LogP contribution < -0.4 is 5.32 Å². The number of fused-ring (bicyclic) bond motifs is 1. The second-order valence-corrected chi connectivity index (χ2v) is 5.54. The van der Waals surface area contributed by atoms with E-state index in [1.165, 1.54) is 4.90 Å². The minimum atomic E-state index is -0.206. The molecule has 0 unspecified atom stereocenters. The van der Waals surface area contributed by atoms with Gasteiger partial charge in [0.1, 0.15) is 0 Å². The maximum absolute atomic E-state index is 12.5. The van der Waals surface area contributed by atoms with Crippen LogP contribution in [0, 0.1) is 0 Å². The summed E-state index contributed by atoms with van der Waals surface area (Å²) in [5.74, 6) is -0.394. The molecule has 0 bridgehead atoms. The van der Waals surface area contributed by atoms with Gasteiger partial charge in [-0.1, -0.05) is 18.2 Å². The number of rotatable bonds is 5. The third-order valence-electron chi connectivity index (χ3n) is 3.79. The number of carbonyl (C=O) groups is 2. The second kappa shape index (κ2) is 6.95. The monoisotopic (exact) mass is 322 g/mol. The molecule has 2 heterocycles. The molecule has 0 saturated heterocycles. The molecular formula is C18H18N4O2. The number of carbonyl (C=O) groups excluding carboxylic acids is 2. The second-order valence-electron chi connectivity index (χ2n) is 5.54. The van der Waals surface area contributed by atoms with Crippen LogP contribution in [-0.2, 0) is 11.3 Å². The van der Waals surface area contributed by atoms with Crippen LogP contribution in [0.1, 0.15) is 15.9 Å². The van der Waals surface area contributed by atoms with Gasteiger partial charge in [0, 0.05) is 43.1 Å². The van der Waals surface area contributed by atoms with E-state index in [1.54, 1.807) is 25.6 Å². The van der Waals surface area contributed by atoms with Gasteiger partial charge in [0.25, 0.3) is 5.91 Å². The maximum atomic E-state index is 12.5. The molecule has 122 valence electrons. The average Bonchev–Trinajstić information content (AvgIpc) is 3.04. The van der Waals surface area contributed by atoms with E-state index in [2.05, 4.69) is 15.3 Å². The quantitative estimate of drug-likeness (QED) is 0.753. The summed E-state index contributed by atoms with van der Waals surface area (Å²) in [6.07, 6.45) is 5.03. The molecule has 0 aliphatic carbocycles. The molecule has 0 saturated carbocycles. The Morgan fingerprint density at radius 2 is 1.92 bits per heavy atom. The van der Waals surface area contributed by atoms with Crippen LogP contribution in [0.4, 0.5) is 0 Å². The zero-order chi connectivity index (χ0) is 16.9. The molecular weight excluding hydrogens is 304 g/mol. The van der Waals surface area contributed by atoms with Gasteiger partial charge < -0.3 is 15.2 Å². The predicted octanol–water partition coefficient (Wildman–Crippen LogP) is 1.95. The fourth-order valence-electron chi connectivity index (χ4n) is 2.50. The Hall–Kier alpha value is -3.15. The van der Waals surface area contributed by atoms with Crippen molar-refractivity contribution in [3.05, 3.63) is 66.1 Å². The van der Waals surface area contributed by atoms with Gasteiger partial charge in [-0.15, -0.1) is 0 Å². The van der Waals surface area contributed by atoms with E-state index in [0.717, 1.165) is 16.5 Å². The Kier molecular flexibility index (Phi) is 4.56. The molecule has 6 nitrogen and oxygen atoms in total. The number of aromatic amines is 1. The van der Waals surface area contributed by atoms with Crippen LogP contribution in [0.15, 0.2) is 55.0 Å². The van der Waals surface area contributed by atoms with E-state index in [0.29, 0.717) is 12.1 Å². The van der Waals surface area contributed by atoms with Crippen molar-refractivity contribution in [2.24, 2.45) is 0 Å². The topological polar surface area (TPSA) is 78.1 Å². The van der Waals surface area contributed by atoms with Crippen molar-refractivity contribution in [3.8, 4) is 0 Å². The number of aromatic nitrogens is 2. The third-order valence-corrected chi connectivity index (χ3v) is 3.79. The number of hydrogen-bond acceptors (Lipinski definition) is 3. The molecule has 0 fully saturated rings. The first kappa shape index (κ1) is 15.7. The Bertz CT molecular complexity index is 858. The summed E-state index contributed by atoms with van der Waals surface area (Å²) in [6, 6.07) is 11.3. The summed E-state index contributed by atoms with van der Waals surface area (Å²) < 4.78 is 0. The average molecular weight is 322 g/mol. The summed E-state index contributed by atoms with van der Waals surface area (Å²) in [7, 11) is 1.62. The fraction of sp³-hybridized carbons (Fsp3) is 0.167. The van der Waals surface area contributed by atoms with E-state index < -0.39 is 0 Å². The summed E-state index contributed by atoms with van der Waals surface area (Å²) in [5.41, 5.74) is 2.43. The molecule has 2 aromatic heterocycles. The van der Waals surface area contributed by atoms with E-state index in [-0.39, 0.29) is 18.4 Å². The molecule has 1 aromatic carbocycles. The molecule has 2 N–H and O–H groups in total. The highest BCUT2D eigenvalue weighted by atomic mass is 16.2. The standard InChI is InChI=1S/C18H18N4O2/c1-22(12-17(23)21-10-13-6-8-19-9-7-13)18(24)15-11-20-16-5-3-2-4-14(15)16/h2-9,11,20H,10,12H2,1H3,(H,21,23). The predicted molar refractivity (Wildman–Crippen MR) is 91.3 cm³/mol. The molecule has 3 aromatic rings. The minimum Gasteiger partial charge on any atom is -0.360 e. The van der Waals surface area contributed by atoms with Gasteiger partial charge in [-0.3, -0.25) is 14.6 Å². The highest BCUT2D eigenvalue weighted by molar-refractivity contribution is 6.07. The highest BCUT2D eigenvalue weighted by Crippen LogP contribution is 2.18. The number of amides is 2. The molecule has 3 rings (SSSR count). The Morgan fingerprint density at radius 1 is 1.17 bits per heavy atom. The van der Waals surface area contributed by atoms with E-state index in [4.69, 9.17) is 0 Å². The molecule has 24 heavy (non-hydrogen) atoms. The molecule has 0 radical (unpaired) electrons. The van der Waals surface area contributed by atoms with Crippen LogP contribution in [-0.4, -0.2) is 40.3 Å². The maximum Gasteiger partial charge on any atom is 0.256 e. The molecule has 2 amide bonds. The van der Waals surface area contributed by atoms with Gasteiger partial charge >= 0.3 is 0 Å². The Balaban J connectivity index is 1.60.